The second kappa shape index (κ2) is 8.59. The van der Waals surface area contributed by atoms with Gasteiger partial charge in [-0.15, -0.1) is 0 Å². The third kappa shape index (κ3) is 5.25. The second-order valence-corrected chi connectivity index (χ2v) is 8.53. The zero-order chi connectivity index (χ0) is 19.3. The lowest BCUT2D eigenvalue weighted by molar-refractivity contribution is -0.129. The molecule has 1 atom stereocenters. The third-order valence-corrected chi connectivity index (χ3v) is 5.96. The third-order valence-electron chi connectivity index (χ3n) is 4.08. The van der Waals surface area contributed by atoms with Crippen molar-refractivity contribution in [2.75, 3.05) is 19.6 Å². The number of nitrogens with one attached hydrogen (secondary N) is 2. The molecule has 1 aliphatic rings. The van der Waals surface area contributed by atoms with Crippen molar-refractivity contribution >= 4 is 21.8 Å². The number of piperidine rings is 1. The minimum Gasteiger partial charge on any atom is -0.352 e. The lowest BCUT2D eigenvalue weighted by Gasteiger charge is -2.31. The standard InChI is InChI=1S/C17H24FN3O4S/c1-12(2)20-16(22)10-19-17(23)13-4-3-9-21(11-13)26(24,25)15-7-5-14(18)6-8-15/h5-8,12-13H,3-4,9-11H2,1-2H3,(H,19,23)(H,20,22)/t13-/m1/s1. The Balaban J connectivity index is 1.98. The van der Waals surface area contributed by atoms with Crippen LogP contribution in [0.1, 0.15) is 26.7 Å². The molecule has 1 aromatic rings. The predicted molar refractivity (Wildman–Crippen MR) is 94.2 cm³/mol. The molecule has 2 amide bonds. The van der Waals surface area contributed by atoms with E-state index >= 15 is 0 Å². The molecular weight excluding hydrogens is 361 g/mol. The van der Waals surface area contributed by atoms with Crippen molar-refractivity contribution in [3.8, 4) is 0 Å². The quantitative estimate of drug-likeness (QED) is 0.759. The topological polar surface area (TPSA) is 95.6 Å². The molecule has 26 heavy (non-hydrogen) atoms. The van der Waals surface area contributed by atoms with E-state index in [0.29, 0.717) is 19.4 Å². The Bertz CT molecular complexity index is 750. The van der Waals surface area contributed by atoms with Crippen LogP contribution in [0.2, 0.25) is 0 Å². The summed E-state index contributed by atoms with van der Waals surface area (Å²) in [5.41, 5.74) is 0. The van der Waals surface area contributed by atoms with Gasteiger partial charge in [0.25, 0.3) is 0 Å². The van der Waals surface area contributed by atoms with Gasteiger partial charge < -0.3 is 10.6 Å². The maximum atomic E-state index is 13.0. The number of hydrogen-bond donors (Lipinski definition) is 2. The van der Waals surface area contributed by atoms with Crippen LogP contribution in [0.3, 0.4) is 0 Å². The fourth-order valence-corrected chi connectivity index (χ4v) is 4.34. The molecule has 2 N–H and O–H groups in total. The van der Waals surface area contributed by atoms with Gasteiger partial charge in [-0.25, -0.2) is 12.8 Å². The molecule has 0 radical (unpaired) electrons. The van der Waals surface area contributed by atoms with Crippen LogP contribution >= 0.6 is 0 Å². The first-order chi connectivity index (χ1) is 12.2. The van der Waals surface area contributed by atoms with E-state index in [1.165, 1.54) is 16.4 Å². The summed E-state index contributed by atoms with van der Waals surface area (Å²) in [6.45, 7) is 3.84. The van der Waals surface area contributed by atoms with Crippen molar-refractivity contribution in [3.63, 3.8) is 0 Å². The smallest absolute Gasteiger partial charge is 0.243 e. The molecule has 9 heteroatoms. The molecule has 0 saturated carbocycles. The van der Waals surface area contributed by atoms with Crippen LogP contribution in [-0.4, -0.2) is 50.2 Å². The molecule has 0 spiro atoms. The zero-order valence-corrected chi connectivity index (χ0v) is 15.7. The highest BCUT2D eigenvalue weighted by Crippen LogP contribution is 2.24. The first-order valence-corrected chi connectivity index (χ1v) is 9.97. The van der Waals surface area contributed by atoms with E-state index < -0.39 is 21.8 Å². The Labute approximate surface area is 153 Å². The monoisotopic (exact) mass is 385 g/mol. The average Bonchev–Trinajstić information content (AvgIpc) is 2.59. The highest BCUT2D eigenvalue weighted by molar-refractivity contribution is 7.89. The molecular formula is C17H24FN3O4S. The number of hydrogen-bond acceptors (Lipinski definition) is 4. The lowest BCUT2D eigenvalue weighted by Crippen LogP contribution is -2.47. The van der Waals surface area contributed by atoms with Crippen molar-refractivity contribution in [3.05, 3.63) is 30.1 Å². The normalized spacial score (nSPS) is 18.5. The van der Waals surface area contributed by atoms with Gasteiger partial charge in [-0.2, -0.15) is 4.31 Å². The van der Waals surface area contributed by atoms with Gasteiger partial charge in [0, 0.05) is 19.1 Å². The second-order valence-electron chi connectivity index (χ2n) is 6.60. The first-order valence-electron chi connectivity index (χ1n) is 8.53. The number of amides is 2. The Morgan fingerprint density at radius 3 is 2.54 bits per heavy atom. The van der Waals surface area contributed by atoms with Gasteiger partial charge in [-0.1, -0.05) is 0 Å². The molecule has 0 aliphatic carbocycles. The Kier molecular flexibility index (Phi) is 6.71. The number of carbonyl (C=O) groups excluding carboxylic acids is 2. The lowest BCUT2D eigenvalue weighted by atomic mass is 9.99. The maximum absolute atomic E-state index is 13.0. The number of nitrogens with zero attached hydrogens (tertiary/aromatic N) is 1. The number of carbonyl (C=O) groups is 2. The van der Waals surface area contributed by atoms with E-state index in [1.54, 1.807) is 0 Å². The van der Waals surface area contributed by atoms with Gasteiger partial charge in [-0.3, -0.25) is 9.59 Å². The van der Waals surface area contributed by atoms with Crippen LogP contribution in [0.5, 0.6) is 0 Å². The molecule has 1 aliphatic heterocycles. The van der Waals surface area contributed by atoms with Crippen LogP contribution in [0.4, 0.5) is 4.39 Å². The summed E-state index contributed by atoms with van der Waals surface area (Å²) in [4.78, 5) is 23.9. The van der Waals surface area contributed by atoms with Gasteiger partial charge in [-0.05, 0) is 51.0 Å². The zero-order valence-electron chi connectivity index (χ0n) is 14.9. The molecule has 1 heterocycles. The van der Waals surface area contributed by atoms with E-state index in [1.807, 2.05) is 13.8 Å². The van der Waals surface area contributed by atoms with E-state index in [4.69, 9.17) is 0 Å². The SMILES string of the molecule is CC(C)NC(=O)CNC(=O)[C@@H]1CCCN(S(=O)(=O)c2ccc(F)cc2)C1. The maximum Gasteiger partial charge on any atom is 0.243 e. The van der Waals surface area contributed by atoms with Crippen LogP contribution in [0.15, 0.2) is 29.2 Å². The highest BCUT2D eigenvalue weighted by atomic mass is 32.2. The van der Waals surface area contributed by atoms with Crippen molar-refractivity contribution in [1.29, 1.82) is 0 Å². The summed E-state index contributed by atoms with van der Waals surface area (Å²) < 4.78 is 39.6. The minimum absolute atomic E-state index is 0.00345. The van der Waals surface area contributed by atoms with Crippen molar-refractivity contribution in [1.82, 2.24) is 14.9 Å². The number of rotatable bonds is 6. The van der Waals surface area contributed by atoms with Crippen molar-refractivity contribution in [2.24, 2.45) is 5.92 Å². The summed E-state index contributed by atoms with van der Waals surface area (Å²) in [5.74, 6) is -1.67. The van der Waals surface area contributed by atoms with E-state index in [-0.39, 0.29) is 35.8 Å². The molecule has 0 bridgehead atoms. The molecule has 1 fully saturated rings. The summed E-state index contributed by atoms with van der Waals surface area (Å²) in [6.07, 6.45) is 1.09. The Morgan fingerprint density at radius 1 is 1.27 bits per heavy atom. The predicted octanol–water partition coefficient (Wildman–Crippen LogP) is 0.867. The van der Waals surface area contributed by atoms with Crippen LogP contribution < -0.4 is 10.6 Å². The number of halogens is 1. The van der Waals surface area contributed by atoms with Crippen LogP contribution in [0, 0.1) is 11.7 Å². The summed E-state index contributed by atoms with van der Waals surface area (Å²) in [7, 11) is -3.79. The fraction of sp³-hybridized carbons (Fsp3) is 0.529. The van der Waals surface area contributed by atoms with Gasteiger partial charge in [0.05, 0.1) is 17.4 Å². The van der Waals surface area contributed by atoms with E-state index in [2.05, 4.69) is 10.6 Å². The van der Waals surface area contributed by atoms with Gasteiger partial charge >= 0.3 is 0 Å². The largest absolute Gasteiger partial charge is 0.352 e. The van der Waals surface area contributed by atoms with E-state index in [9.17, 15) is 22.4 Å². The summed E-state index contributed by atoms with van der Waals surface area (Å²) >= 11 is 0. The van der Waals surface area contributed by atoms with Crippen molar-refractivity contribution < 1.29 is 22.4 Å². The Hall–Kier alpha value is -2.00. The molecule has 1 saturated heterocycles. The van der Waals surface area contributed by atoms with Gasteiger partial charge in [0.15, 0.2) is 0 Å². The summed E-state index contributed by atoms with van der Waals surface area (Å²) in [6, 6.07) is 4.59. The van der Waals surface area contributed by atoms with Gasteiger partial charge in [0.2, 0.25) is 21.8 Å². The van der Waals surface area contributed by atoms with Crippen LogP contribution in [-0.2, 0) is 19.6 Å². The highest BCUT2D eigenvalue weighted by Gasteiger charge is 2.33. The molecule has 144 valence electrons. The molecule has 7 nitrogen and oxygen atoms in total. The average molecular weight is 385 g/mol. The van der Waals surface area contributed by atoms with Crippen molar-refractivity contribution in [2.45, 2.75) is 37.6 Å². The minimum atomic E-state index is -3.79. The fourth-order valence-electron chi connectivity index (χ4n) is 2.82. The molecule has 0 unspecified atom stereocenters. The number of benzene rings is 1. The van der Waals surface area contributed by atoms with E-state index in [0.717, 1.165) is 12.1 Å². The molecule has 1 aromatic carbocycles. The van der Waals surface area contributed by atoms with Crippen LogP contribution in [0.25, 0.3) is 0 Å². The number of sulfonamides is 1. The Morgan fingerprint density at radius 2 is 1.92 bits per heavy atom. The summed E-state index contributed by atoms with van der Waals surface area (Å²) in [5, 5.41) is 5.22. The van der Waals surface area contributed by atoms with Gasteiger partial charge in [0.1, 0.15) is 5.82 Å². The molecule has 0 aromatic heterocycles. The molecule has 2 rings (SSSR count). The first kappa shape index (κ1) is 20.3.